The summed E-state index contributed by atoms with van der Waals surface area (Å²) in [5, 5.41) is 5.38. The number of benzene rings is 1. The van der Waals surface area contributed by atoms with E-state index in [2.05, 4.69) is 39.2 Å². The number of halogens is 1. The van der Waals surface area contributed by atoms with Crippen LogP contribution in [0.1, 0.15) is 12.1 Å². The fourth-order valence-electron chi connectivity index (χ4n) is 1.57. The summed E-state index contributed by atoms with van der Waals surface area (Å²) >= 11 is 3.45. The number of hydrogen-bond acceptors (Lipinski definition) is 1. The van der Waals surface area contributed by atoms with Crippen LogP contribution in [-0.2, 0) is 6.42 Å². The zero-order chi connectivity index (χ0) is 10.5. The molecule has 2 nitrogen and oxygen atoms in total. The van der Waals surface area contributed by atoms with Crippen LogP contribution in [0.2, 0.25) is 0 Å². The molecule has 0 spiro atoms. The minimum Gasteiger partial charge on any atom is -0.238 e. The summed E-state index contributed by atoms with van der Waals surface area (Å²) in [6.45, 7) is 0. The second kappa shape index (κ2) is 5.12. The molecule has 1 aromatic heterocycles. The molecule has 0 aliphatic heterocycles. The monoisotopic (exact) mass is 264 g/mol. The van der Waals surface area contributed by atoms with Crippen molar-refractivity contribution < 1.29 is 0 Å². The highest BCUT2D eigenvalue weighted by Crippen LogP contribution is 2.11. The van der Waals surface area contributed by atoms with Gasteiger partial charge in [0.05, 0.1) is 5.69 Å². The van der Waals surface area contributed by atoms with Crippen LogP contribution in [0.15, 0.2) is 42.6 Å². The molecular weight excluding hydrogens is 252 g/mol. The van der Waals surface area contributed by atoms with Gasteiger partial charge in [-0.05, 0) is 31.0 Å². The molecule has 0 fully saturated rings. The minimum absolute atomic E-state index is 1.03. The first-order valence-electron chi connectivity index (χ1n) is 5.06. The maximum Gasteiger partial charge on any atom is 0.0648 e. The van der Waals surface area contributed by atoms with Crippen molar-refractivity contribution in [2.24, 2.45) is 0 Å². The molecule has 1 aromatic carbocycles. The molecule has 0 saturated heterocycles. The van der Waals surface area contributed by atoms with Crippen molar-refractivity contribution in [3.8, 4) is 5.69 Å². The summed E-state index contributed by atoms with van der Waals surface area (Å²) in [7, 11) is 0. The van der Waals surface area contributed by atoms with E-state index in [-0.39, 0.29) is 0 Å². The van der Waals surface area contributed by atoms with Crippen LogP contribution in [0.25, 0.3) is 5.69 Å². The summed E-state index contributed by atoms with van der Waals surface area (Å²) < 4.78 is 2.00. The maximum absolute atomic E-state index is 4.34. The zero-order valence-electron chi connectivity index (χ0n) is 8.44. The standard InChI is InChI=1S/C12H13BrN2/c13-9-4-7-12-8-10-14-15(12)11-5-2-1-3-6-11/h1-3,5-6,8,10H,4,7,9H2. The Morgan fingerprint density at radius 2 is 1.93 bits per heavy atom. The molecule has 0 aliphatic rings. The van der Waals surface area contributed by atoms with E-state index in [1.165, 1.54) is 5.69 Å². The molecule has 0 bridgehead atoms. The highest BCUT2D eigenvalue weighted by molar-refractivity contribution is 9.09. The van der Waals surface area contributed by atoms with Gasteiger partial charge >= 0.3 is 0 Å². The second-order valence-electron chi connectivity index (χ2n) is 3.36. The third kappa shape index (κ3) is 2.48. The van der Waals surface area contributed by atoms with Crippen molar-refractivity contribution in [1.29, 1.82) is 0 Å². The highest BCUT2D eigenvalue weighted by atomic mass is 79.9. The summed E-state index contributed by atoms with van der Waals surface area (Å²) in [4.78, 5) is 0. The van der Waals surface area contributed by atoms with Crippen molar-refractivity contribution in [3.05, 3.63) is 48.3 Å². The largest absolute Gasteiger partial charge is 0.238 e. The molecule has 3 heteroatoms. The number of nitrogens with zero attached hydrogens (tertiary/aromatic N) is 2. The molecule has 0 atom stereocenters. The lowest BCUT2D eigenvalue weighted by molar-refractivity contribution is 0.780. The van der Waals surface area contributed by atoms with Crippen LogP contribution in [0.3, 0.4) is 0 Å². The fraction of sp³-hybridized carbons (Fsp3) is 0.250. The predicted octanol–water partition coefficient (Wildman–Crippen LogP) is 3.20. The van der Waals surface area contributed by atoms with Gasteiger partial charge in [-0.2, -0.15) is 5.10 Å². The lowest BCUT2D eigenvalue weighted by Crippen LogP contribution is -2.01. The van der Waals surface area contributed by atoms with Crippen molar-refractivity contribution in [2.75, 3.05) is 5.33 Å². The third-order valence-electron chi connectivity index (χ3n) is 2.29. The van der Waals surface area contributed by atoms with E-state index in [0.717, 1.165) is 23.9 Å². The summed E-state index contributed by atoms with van der Waals surface area (Å²) in [5.41, 5.74) is 2.40. The second-order valence-corrected chi connectivity index (χ2v) is 4.16. The Morgan fingerprint density at radius 3 is 2.67 bits per heavy atom. The van der Waals surface area contributed by atoms with E-state index in [0.29, 0.717) is 0 Å². The van der Waals surface area contributed by atoms with Gasteiger partial charge in [0.25, 0.3) is 0 Å². The van der Waals surface area contributed by atoms with Gasteiger partial charge in [-0.3, -0.25) is 0 Å². The molecule has 2 rings (SSSR count). The van der Waals surface area contributed by atoms with E-state index >= 15 is 0 Å². The molecule has 1 heterocycles. The van der Waals surface area contributed by atoms with E-state index in [4.69, 9.17) is 0 Å². The van der Waals surface area contributed by atoms with E-state index in [1.54, 1.807) is 0 Å². The SMILES string of the molecule is BrCCCc1ccnn1-c1ccccc1. The first-order valence-corrected chi connectivity index (χ1v) is 6.18. The number of alkyl halides is 1. The third-order valence-corrected chi connectivity index (χ3v) is 2.85. The molecule has 2 aromatic rings. The number of hydrogen-bond donors (Lipinski definition) is 0. The van der Waals surface area contributed by atoms with Gasteiger partial charge in [-0.25, -0.2) is 4.68 Å². The lowest BCUT2D eigenvalue weighted by atomic mass is 10.2. The molecule has 0 unspecified atom stereocenters. The van der Waals surface area contributed by atoms with Crippen molar-refractivity contribution in [2.45, 2.75) is 12.8 Å². The van der Waals surface area contributed by atoms with Crippen LogP contribution in [0.5, 0.6) is 0 Å². The molecule has 0 saturated carbocycles. The molecular formula is C12H13BrN2. The molecule has 0 aliphatic carbocycles. The van der Waals surface area contributed by atoms with Crippen LogP contribution >= 0.6 is 15.9 Å². The summed E-state index contributed by atoms with van der Waals surface area (Å²) in [5.74, 6) is 0. The van der Waals surface area contributed by atoms with Crippen LogP contribution < -0.4 is 0 Å². The summed E-state index contributed by atoms with van der Waals surface area (Å²) in [6, 6.07) is 12.3. The minimum atomic E-state index is 1.03. The Balaban J connectivity index is 2.25. The Labute approximate surface area is 98.1 Å². The molecule has 78 valence electrons. The number of aryl methyl sites for hydroxylation is 1. The van der Waals surface area contributed by atoms with Crippen LogP contribution in [0.4, 0.5) is 0 Å². The topological polar surface area (TPSA) is 17.8 Å². The smallest absolute Gasteiger partial charge is 0.0648 e. The van der Waals surface area contributed by atoms with E-state index in [9.17, 15) is 0 Å². The van der Waals surface area contributed by atoms with E-state index in [1.807, 2.05) is 29.1 Å². The van der Waals surface area contributed by atoms with Gasteiger partial charge in [0, 0.05) is 17.2 Å². The van der Waals surface area contributed by atoms with Crippen molar-refractivity contribution >= 4 is 15.9 Å². The van der Waals surface area contributed by atoms with E-state index < -0.39 is 0 Å². The quantitative estimate of drug-likeness (QED) is 0.776. The Kier molecular flexibility index (Phi) is 3.56. The normalized spacial score (nSPS) is 10.5. The molecule has 0 N–H and O–H groups in total. The highest BCUT2D eigenvalue weighted by Gasteiger charge is 2.03. The van der Waals surface area contributed by atoms with Gasteiger partial charge in [0.15, 0.2) is 0 Å². The number of aromatic nitrogens is 2. The van der Waals surface area contributed by atoms with Gasteiger partial charge in [-0.15, -0.1) is 0 Å². The van der Waals surface area contributed by atoms with Crippen molar-refractivity contribution in [1.82, 2.24) is 9.78 Å². The number of rotatable bonds is 4. The van der Waals surface area contributed by atoms with Gasteiger partial charge in [-0.1, -0.05) is 34.1 Å². The molecule has 0 radical (unpaired) electrons. The molecule has 15 heavy (non-hydrogen) atoms. The van der Waals surface area contributed by atoms with Crippen LogP contribution in [0, 0.1) is 0 Å². The number of para-hydroxylation sites is 1. The van der Waals surface area contributed by atoms with Crippen LogP contribution in [-0.4, -0.2) is 15.1 Å². The fourth-order valence-corrected chi connectivity index (χ4v) is 1.85. The molecule has 0 amide bonds. The maximum atomic E-state index is 4.34. The first-order chi connectivity index (χ1) is 7.42. The Morgan fingerprint density at radius 1 is 1.13 bits per heavy atom. The zero-order valence-corrected chi connectivity index (χ0v) is 10.0. The van der Waals surface area contributed by atoms with Gasteiger partial charge < -0.3 is 0 Å². The Hall–Kier alpha value is -1.09. The van der Waals surface area contributed by atoms with Crippen molar-refractivity contribution in [3.63, 3.8) is 0 Å². The van der Waals surface area contributed by atoms with Gasteiger partial charge in [0.1, 0.15) is 0 Å². The summed E-state index contributed by atoms with van der Waals surface area (Å²) in [6.07, 6.45) is 4.05. The van der Waals surface area contributed by atoms with Gasteiger partial charge in [0.2, 0.25) is 0 Å². The average molecular weight is 265 g/mol. The average Bonchev–Trinajstić information content (AvgIpc) is 2.75. The lowest BCUT2D eigenvalue weighted by Gasteiger charge is -2.06. The predicted molar refractivity (Wildman–Crippen MR) is 65.7 cm³/mol. The Bertz CT molecular complexity index is 409. The first kappa shape index (κ1) is 10.4.